The summed E-state index contributed by atoms with van der Waals surface area (Å²) in [7, 11) is 0. The minimum Gasteiger partial charge on any atom is -0.338 e. The van der Waals surface area contributed by atoms with E-state index in [0.29, 0.717) is 23.6 Å². The molecule has 3 aromatic rings. The SMILES string of the molecule is CCNC(=O)Nc1cccc(NC(=O)/C=C/c2csc(N(C(C)=O)c3ccccc3F)n2)c1. The zero-order valence-electron chi connectivity index (χ0n) is 18.0. The fourth-order valence-corrected chi connectivity index (χ4v) is 3.70. The van der Waals surface area contributed by atoms with Crippen molar-refractivity contribution in [1.29, 1.82) is 0 Å². The van der Waals surface area contributed by atoms with Crippen LogP contribution in [0, 0.1) is 5.82 Å². The Morgan fingerprint density at radius 1 is 1.09 bits per heavy atom. The lowest BCUT2D eigenvalue weighted by Gasteiger charge is -2.18. The molecule has 8 nitrogen and oxygen atoms in total. The highest BCUT2D eigenvalue weighted by Crippen LogP contribution is 2.31. The fourth-order valence-electron chi connectivity index (χ4n) is 2.85. The van der Waals surface area contributed by atoms with Gasteiger partial charge in [-0.1, -0.05) is 18.2 Å². The van der Waals surface area contributed by atoms with Crippen LogP contribution in [0.1, 0.15) is 19.5 Å². The average Bonchev–Trinajstić information content (AvgIpc) is 3.22. The minimum atomic E-state index is -0.539. The van der Waals surface area contributed by atoms with Crippen molar-refractivity contribution in [2.24, 2.45) is 0 Å². The molecule has 170 valence electrons. The van der Waals surface area contributed by atoms with E-state index in [1.165, 1.54) is 42.2 Å². The number of thiazole rings is 1. The lowest BCUT2D eigenvalue weighted by molar-refractivity contribution is -0.116. The van der Waals surface area contributed by atoms with Crippen molar-refractivity contribution in [2.75, 3.05) is 22.1 Å². The highest BCUT2D eigenvalue weighted by atomic mass is 32.1. The lowest BCUT2D eigenvalue weighted by atomic mass is 10.2. The number of rotatable bonds is 7. The molecule has 0 radical (unpaired) electrons. The molecule has 0 atom stereocenters. The van der Waals surface area contributed by atoms with Crippen molar-refractivity contribution < 1.29 is 18.8 Å². The Morgan fingerprint density at radius 3 is 2.52 bits per heavy atom. The molecule has 0 saturated heterocycles. The first-order chi connectivity index (χ1) is 15.9. The van der Waals surface area contributed by atoms with Crippen molar-refractivity contribution >= 4 is 57.5 Å². The van der Waals surface area contributed by atoms with Crippen molar-refractivity contribution in [3.63, 3.8) is 0 Å². The minimum absolute atomic E-state index is 0.105. The van der Waals surface area contributed by atoms with Crippen LogP contribution in [0.2, 0.25) is 0 Å². The second-order valence-corrected chi connectivity index (χ2v) is 7.59. The summed E-state index contributed by atoms with van der Waals surface area (Å²) in [5, 5.41) is 9.94. The summed E-state index contributed by atoms with van der Waals surface area (Å²) in [4.78, 5) is 41.6. The van der Waals surface area contributed by atoms with E-state index in [1.54, 1.807) is 35.7 Å². The van der Waals surface area contributed by atoms with Gasteiger partial charge in [-0.25, -0.2) is 14.2 Å². The largest absolute Gasteiger partial charge is 0.338 e. The zero-order chi connectivity index (χ0) is 23.8. The topological polar surface area (TPSA) is 103 Å². The second-order valence-electron chi connectivity index (χ2n) is 6.75. The van der Waals surface area contributed by atoms with E-state index in [9.17, 15) is 18.8 Å². The van der Waals surface area contributed by atoms with Gasteiger partial charge in [0.05, 0.1) is 11.4 Å². The summed E-state index contributed by atoms with van der Waals surface area (Å²) in [6.07, 6.45) is 2.79. The predicted octanol–water partition coefficient (Wildman–Crippen LogP) is 4.76. The summed E-state index contributed by atoms with van der Waals surface area (Å²) in [5.74, 6) is -1.33. The van der Waals surface area contributed by atoms with Crippen molar-refractivity contribution in [2.45, 2.75) is 13.8 Å². The van der Waals surface area contributed by atoms with Crippen LogP contribution in [0.15, 0.2) is 60.0 Å². The Labute approximate surface area is 194 Å². The molecule has 10 heteroatoms. The lowest BCUT2D eigenvalue weighted by Crippen LogP contribution is -2.28. The van der Waals surface area contributed by atoms with Gasteiger partial charge >= 0.3 is 6.03 Å². The van der Waals surface area contributed by atoms with E-state index in [-0.39, 0.29) is 22.8 Å². The maximum atomic E-state index is 14.2. The van der Waals surface area contributed by atoms with Crippen LogP contribution >= 0.6 is 11.3 Å². The Bertz CT molecular complexity index is 1190. The Kier molecular flexibility index (Phi) is 7.87. The molecule has 0 fully saturated rings. The van der Waals surface area contributed by atoms with Gasteiger partial charge in [0.15, 0.2) is 5.13 Å². The van der Waals surface area contributed by atoms with E-state index < -0.39 is 11.7 Å². The molecule has 3 rings (SSSR count). The molecule has 1 heterocycles. The standard InChI is InChI=1S/C23H22FN5O3S/c1-3-25-22(32)27-17-8-6-7-16(13-17)26-21(31)12-11-18-14-33-23(28-18)29(15(2)30)20-10-5-4-9-19(20)24/h4-14H,3H2,1-2H3,(H,26,31)(H2,25,27,32)/b12-11+. The van der Waals surface area contributed by atoms with E-state index in [2.05, 4.69) is 20.9 Å². The molecule has 1 aromatic heterocycles. The third-order valence-electron chi connectivity index (χ3n) is 4.24. The number of halogens is 1. The van der Waals surface area contributed by atoms with Gasteiger partial charge in [-0.2, -0.15) is 0 Å². The number of urea groups is 1. The van der Waals surface area contributed by atoms with Gasteiger partial charge in [-0.15, -0.1) is 11.3 Å². The number of anilines is 4. The molecule has 0 aliphatic carbocycles. The number of carbonyl (C=O) groups excluding carboxylic acids is 3. The quantitative estimate of drug-likeness (QED) is 0.436. The van der Waals surface area contributed by atoms with Crippen LogP contribution in [0.4, 0.5) is 31.4 Å². The number of para-hydroxylation sites is 1. The first kappa shape index (κ1) is 23.6. The predicted molar refractivity (Wildman–Crippen MR) is 128 cm³/mol. The van der Waals surface area contributed by atoms with Gasteiger partial charge in [0.2, 0.25) is 11.8 Å². The van der Waals surface area contributed by atoms with E-state index in [4.69, 9.17) is 0 Å². The third-order valence-corrected chi connectivity index (χ3v) is 5.08. The van der Waals surface area contributed by atoms with Crippen LogP contribution in [0.3, 0.4) is 0 Å². The summed E-state index contributed by atoms with van der Waals surface area (Å²) in [6.45, 7) is 3.63. The molecule has 0 aliphatic rings. The molecular formula is C23H22FN5O3S. The number of carbonyl (C=O) groups is 3. The number of nitrogens with one attached hydrogen (secondary N) is 3. The summed E-state index contributed by atoms with van der Waals surface area (Å²) >= 11 is 1.15. The van der Waals surface area contributed by atoms with Crippen LogP contribution in [0.25, 0.3) is 6.08 Å². The monoisotopic (exact) mass is 467 g/mol. The van der Waals surface area contributed by atoms with Gasteiger partial charge in [-0.05, 0) is 43.3 Å². The van der Waals surface area contributed by atoms with Gasteiger partial charge in [-0.3, -0.25) is 14.5 Å². The Hall–Kier alpha value is -4.05. The number of aromatic nitrogens is 1. The summed E-state index contributed by atoms with van der Waals surface area (Å²) in [5.41, 5.74) is 1.58. The van der Waals surface area contributed by atoms with Gasteiger partial charge in [0.25, 0.3) is 0 Å². The number of hydrogen-bond donors (Lipinski definition) is 3. The number of benzene rings is 2. The van der Waals surface area contributed by atoms with Crippen LogP contribution < -0.4 is 20.9 Å². The number of hydrogen-bond acceptors (Lipinski definition) is 5. The third kappa shape index (κ3) is 6.47. The smallest absolute Gasteiger partial charge is 0.319 e. The Balaban J connectivity index is 1.67. The van der Waals surface area contributed by atoms with Crippen LogP contribution in [-0.4, -0.2) is 29.4 Å². The molecule has 3 N–H and O–H groups in total. The van der Waals surface area contributed by atoms with E-state index in [1.807, 2.05) is 6.92 Å². The van der Waals surface area contributed by atoms with Crippen LogP contribution in [0.5, 0.6) is 0 Å². The molecule has 0 spiro atoms. The maximum Gasteiger partial charge on any atom is 0.319 e. The van der Waals surface area contributed by atoms with Crippen molar-refractivity contribution in [3.05, 3.63) is 71.5 Å². The normalized spacial score (nSPS) is 10.6. The molecule has 0 bridgehead atoms. The van der Waals surface area contributed by atoms with Crippen LogP contribution in [-0.2, 0) is 9.59 Å². The zero-order valence-corrected chi connectivity index (χ0v) is 18.8. The van der Waals surface area contributed by atoms with Gasteiger partial charge < -0.3 is 16.0 Å². The van der Waals surface area contributed by atoms with Gasteiger partial charge in [0, 0.05) is 36.3 Å². The maximum absolute atomic E-state index is 14.2. The average molecular weight is 468 g/mol. The van der Waals surface area contributed by atoms with E-state index in [0.717, 1.165) is 11.3 Å². The molecule has 4 amide bonds. The first-order valence-electron chi connectivity index (χ1n) is 10.0. The molecule has 0 saturated carbocycles. The molecule has 0 aliphatic heterocycles. The number of nitrogens with zero attached hydrogens (tertiary/aromatic N) is 2. The molecule has 2 aromatic carbocycles. The molecular weight excluding hydrogens is 445 g/mol. The Morgan fingerprint density at radius 2 is 1.82 bits per heavy atom. The van der Waals surface area contributed by atoms with Crippen molar-refractivity contribution in [3.8, 4) is 0 Å². The van der Waals surface area contributed by atoms with Gasteiger partial charge in [0.1, 0.15) is 5.82 Å². The second kappa shape index (κ2) is 11.0. The summed E-state index contributed by atoms with van der Waals surface area (Å²) < 4.78 is 14.2. The highest BCUT2D eigenvalue weighted by molar-refractivity contribution is 7.14. The first-order valence-corrected chi connectivity index (χ1v) is 10.9. The van der Waals surface area contributed by atoms with Crippen molar-refractivity contribution in [1.82, 2.24) is 10.3 Å². The highest BCUT2D eigenvalue weighted by Gasteiger charge is 2.20. The summed E-state index contributed by atoms with van der Waals surface area (Å²) in [6, 6.07) is 12.3. The van der Waals surface area contributed by atoms with E-state index >= 15 is 0 Å². The fraction of sp³-hybridized carbons (Fsp3) is 0.130. The molecule has 0 unspecified atom stereocenters. The molecule has 33 heavy (non-hydrogen) atoms. The number of amides is 4.